The van der Waals surface area contributed by atoms with Crippen molar-refractivity contribution in [2.24, 2.45) is 0 Å². The molecule has 0 aliphatic rings. The predicted molar refractivity (Wildman–Crippen MR) is 105 cm³/mol. The van der Waals surface area contributed by atoms with Crippen LogP contribution < -0.4 is 4.89 Å². The molecular formula is C19H38NO6P. The Morgan fingerprint density at radius 1 is 0.926 bits per heavy atom. The van der Waals surface area contributed by atoms with E-state index in [1.807, 2.05) is 0 Å². The zero-order chi connectivity index (χ0) is 20.8. The smallest absolute Gasteiger partial charge is 0.333 e. The molecule has 0 aromatic rings. The highest BCUT2D eigenvalue weighted by atomic mass is 31.2. The maximum absolute atomic E-state index is 11.8. The van der Waals surface area contributed by atoms with Gasteiger partial charge in [-0.05, 0) is 26.2 Å². The van der Waals surface area contributed by atoms with Gasteiger partial charge in [0.25, 0.3) is 7.82 Å². The first-order chi connectivity index (χ1) is 12.7. The summed E-state index contributed by atoms with van der Waals surface area (Å²) in [6.07, 6.45) is 4.28. The summed E-state index contributed by atoms with van der Waals surface area (Å²) < 4.78 is 27.5. The number of hydrogen-bond acceptors (Lipinski definition) is 6. The summed E-state index contributed by atoms with van der Waals surface area (Å²) in [4.78, 5) is 23.0. The van der Waals surface area contributed by atoms with Gasteiger partial charge in [0.1, 0.15) is 0 Å². The van der Waals surface area contributed by atoms with Crippen LogP contribution in [0.2, 0.25) is 0 Å². The highest BCUT2D eigenvalue weighted by Crippen LogP contribution is 2.38. The van der Waals surface area contributed by atoms with E-state index >= 15 is 0 Å². The minimum absolute atomic E-state index is 0.0776. The van der Waals surface area contributed by atoms with Gasteiger partial charge in [0, 0.05) is 18.4 Å². The van der Waals surface area contributed by atoms with E-state index in [9.17, 15) is 14.3 Å². The van der Waals surface area contributed by atoms with Crippen molar-refractivity contribution in [2.75, 3.05) is 46.0 Å². The van der Waals surface area contributed by atoms with Crippen molar-refractivity contribution in [1.29, 1.82) is 0 Å². The summed E-state index contributed by atoms with van der Waals surface area (Å²) in [5.74, 6) is -0.496. The first-order valence-electron chi connectivity index (χ1n) is 9.99. The van der Waals surface area contributed by atoms with Gasteiger partial charge in [-0.25, -0.2) is 4.79 Å². The molecule has 7 nitrogen and oxygen atoms in total. The molecule has 160 valence electrons. The Kier molecular flexibility index (Phi) is 13.9. The van der Waals surface area contributed by atoms with Crippen molar-refractivity contribution in [3.05, 3.63) is 12.2 Å². The number of hydrogen-bond donors (Lipinski definition) is 0. The number of esters is 1. The fourth-order valence-electron chi connectivity index (χ4n) is 3.23. The second kappa shape index (κ2) is 14.3. The van der Waals surface area contributed by atoms with Gasteiger partial charge in [0.05, 0.1) is 46.0 Å². The summed E-state index contributed by atoms with van der Waals surface area (Å²) >= 11 is 0. The number of rotatable bonds is 17. The van der Waals surface area contributed by atoms with Gasteiger partial charge in [-0.2, -0.15) is 0 Å². The van der Waals surface area contributed by atoms with Crippen molar-refractivity contribution >= 4 is 13.8 Å². The van der Waals surface area contributed by atoms with Crippen LogP contribution in [0.3, 0.4) is 0 Å². The lowest BCUT2D eigenvalue weighted by Crippen LogP contribution is -2.50. The molecule has 0 rings (SSSR count). The third-order valence-corrected chi connectivity index (χ3v) is 5.24. The topological polar surface area (TPSA) is 84.9 Å². The molecule has 0 saturated heterocycles. The van der Waals surface area contributed by atoms with Crippen LogP contribution in [0.1, 0.15) is 59.8 Å². The molecule has 27 heavy (non-hydrogen) atoms. The number of ether oxygens (including phenoxy) is 1. The average molecular weight is 407 g/mol. The minimum atomic E-state index is -4.32. The van der Waals surface area contributed by atoms with E-state index in [4.69, 9.17) is 13.8 Å². The van der Waals surface area contributed by atoms with Crippen molar-refractivity contribution in [2.45, 2.75) is 59.8 Å². The van der Waals surface area contributed by atoms with Gasteiger partial charge >= 0.3 is 5.97 Å². The van der Waals surface area contributed by atoms with Crippen LogP contribution in [0, 0.1) is 0 Å². The Morgan fingerprint density at radius 3 is 1.85 bits per heavy atom. The molecule has 0 aromatic heterocycles. The van der Waals surface area contributed by atoms with Gasteiger partial charge in [-0.1, -0.05) is 27.4 Å². The van der Waals surface area contributed by atoms with Gasteiger partial charge in [0.15, 0.2) is 0 Å². The Labute approximate surface area is 164 Å². The van der Waals surface area contributed by atoms with Crippen LogP contribution in [0.4, 0.5) is 0 Å². The Hall–Kier alpha value is -0.720. The number of quaternary nitrogens is 1. The second-order valence-corrected chi connectivity index (χ2v) is 8.38. The van der Waals surface area contributed by atoms with Crippen molar-refractivity contribution < 1.29 is 32.5 Å². The van der Waals surface area contributed by atoms with E-state index < -0.39 is 13.8 Å². The van der Waals surface area contributed by atoms with Crippen LogP contribution in [0.5, 0.6) is 0 Å². The van der Waals surface area contributed by atoms with E-state index in [-0.39, 0.29) is 26.2 Å². The van der Waals surface area contributed by atoms with Crippen LogP contribution in [0.25, 0.3) is 0 Å². The van der Waals surface area contributed by atoms with Gasteiger partial charge in [-0.3, -0.25) is 4.57 Å². The lowest BCUT2D eigenvalue weighted by molar-refractivity contribution is -0.928. The maximum atomic E-state index is 11.8. The van der Waals surface area contributed by atoms with Gasteiger partial charge < -0.3 is 23.2 Å². The summed E-state index contributed by atoms with van der Waals surface area (Å²) in [6.45, 7) is 15.9. The number of carbonyl (C=O) groups excluding carboxylic acids is 1. The molecule has 0 heterocycles. The van der Waals surface area contributed by atoms with Crippen molar-refractivity contribution in [1.82, 2.24) is 0 Å². The molecule has 0 saturated carbocycles. The van der Waals surface area contributed by atoms with E-state index in [1.54, 1.807) is 6.92 Å². The highest BCUT2D eigenvalue weighted by Gasteiger charge is 2.24. The largest absolute Gasteiger partial charge is 0.756 e. The quantitative estimate of drug-likeness (QED) is 0.121. The molecule has 0 N–H and O–H groups in total. The van der Waals surface area contributed by atoms with E-state index in [2.05, 4.69) is 27.4 Å². The van der Waals surface area contributed by atoms with Gasteiger partial charge in [-0.15, -0.1) is 0 Å². The normalized spacial score (nSPS) is 14.0. The molecule has 0 radical (unpaired) electrons. The Balaban J connectivity index is 4.16. The first-order valence-corrected chi connectivity index (χ1v) is 11.5. The third kappa shape index (κ3) is 12.4. The lowest BCUT2D eigenvalue weighted by Gasteiger charge is -2.38. The molecule has 0 bridgehead atoms. The van der Waals surface area contributed by atoms with E-state index in [0.29, 0.717) is 12.0 Å². The molecule has 0 aliphatic carbocycles. The number of phosphoric ester groups is 1. The molecule has 0 aromatic carbocycles. The first kappa shape index (κ1) is 26.3. The third-order valence-electron chi connectivity index (χ3n) is 4.24. The summed E-state index contributed by atoms with van der Waals surface area (Å²) in [6, 6.07) is 0. The molecule has 0 amide bonds. The summed E-state index contributed by atoms with van der Waals surface area (Å²) in [5.41, 5.74) is 0.303. The van der Waals surface area contributed by atoms with Crippen molar-refractivity contribution in [3.8, 4) is 0 Å². The van der Waals surface area contributed by atoms with E-state index in [1.165, 1.54) is 0 Å². The summed E-state index contributed by atoms with van der Waals surface area (Å²) in [5, 5.41) is 0. The molecule has 0 spiro atoms. The lowest BCUT2D eigenvalue weighted by atomic mass is 10.2. The highest BCUT2D eigenvalue weighted by molar-refractivity contribution is 7.45. The molecular weight excluding hydrogens is 369 g/mol. The Bertz CT molecular complexity index is 466. The number of carbonyl (C=O) groups is 1. The van der Waals surface area contributed by atoms with Crippen LogP contribution >= 0.6 is 7.82 Å². The zero-order valence-corrected chi connectivity index (χ0v) is 18.4. The van der Waals surface area contributed by atoms with Crippen LogP contribution in [0.15, 0.2) is 12.2 Å². The number of phosphoric acid groups is 1. The van der Waals surface area contributed by atoms with Crippen LogP contribution in [-0.4, -0.2) is 56.5 Å². The molecule has 0 fully saturated rings. The fourth-order valence-corrected chi connectivity index (χ4v) is 4.01. The van der Waals surface area contributed by atoms with E-state index in [0.717, 1.165) is 49.9 Å². The SMILES string of the molecule is C=C(C)C(=O)OCCCOP(=O)([O-])OCCC[N+](CCC)(CCC)CCC. The average Bonchev–Trinajstić information content (AvgIpc) is 2.59. The monoisotopic (exact) mass is 407 g/mol. The fraction of sp³-hybridized carbons (Fsp3) is 0.842. The second-order valence-electron chi connectivity index (χ2n) is 6.97. The standard InChI is InChI=1S/C19H38NO6P/c1-6-11-20(12-7-2,13-8-3)14-9-16-25-27(22,23)26-17-10-15-24-19(21)18(4)5/h4,6-17H2,1-3,5H3. The number of nitrogens with zero attached hydrogens (tertiary/aromatic N) is 1. The summed E-state index contributed by atoms with van der Waals surface area (Å²) in [7, 11) is -4.32. The maximum Gasteiger partial charge on any atom is 0.333 e. The zero-order valence-electron chi connectivity index (χ0n) is 17.5. The predicted octanol–water partition coefficient (Wildman–Crippen LogP) is 3.43. The molecule has 1 atom stereocenters. The molecule has 0 aliphatic heterocycles. The molecule has 1 unspecified atom stereocenters. The van der Waals surface area contributed by atoms with Gasteiger partial charge in [0.2, 0.25) is 0 Å². The Morgan fingerprint density at radius 2 is 1.41 bits per heavy atom. The van der Waals surface area contributed by atoms with Crippen LogP contribution in [-0.2, 0) is 23.1 Å². The minimum Gasteiger partial charge on any atom is -0.756 e. The molecule has 8 heteroatoms. The van der Waals surface area contributed by atoms with Crippen molar-refractivity contribution in [3.63, 3.8) is 0 Å².